The van der Waals surface area contributed by atoms with Gasteiger partial charge in [-0.25, -0.2) is 0 Å². The Labute approximate surface area is 118 Å². The van der Waals surface area contributed by atoms with Gasteiger partial charge in [0.05, 0.1) is 12.7 Å². The van der Waals surface area contributed by atoms with Crippen molar-refractivity contribution in [3.63, 3.8) is 0 Å². The molecule has 0 aliphatic carbocycles. The zero-order chi connectivity index (χ0) is 15.3. The fraction of sp³-hybridized carbons (Fsp3) is 0.600. The molecule has 2 atom stereocenters. The van der Waals surface area contributed by atoms with E-state index in [2.05, 4.69) is 0 Å². The lowest BCUT2D eigenvalue weighted by Gasteiger charge is -2.21. The van der Waals surface area contributed by atoms with Crippen LogP contribution in [-0.4, -0.2) is 13.2 Å². The Bertz CT molecular complexity index is 430. The molecule has 2 nitrogen and oxygen atoms in total. The summed E-state index contributed by atoms with van der Waals surface area (Å²) in [5, 5.41) is 0. The van der Waals surface area contributed by atoms with Crippen LogP contribution in [0.1, 0.15) is 50.2 Å². The summed E-state index contributed by atoms with van der Waals surface area (Å²) in [5.41, 5.74) is 5.72. The van der Waals surface area contributed by atoms with Crippen LogP contribution in [-0.2, 0) is 6.18 Å². The van der Waals surface area contributed by atoms with Crippen LogP contribution in [0.5, 0.6) is 5.75 Å². The summed E-state index contributed by atoms with van der Waals surface area (Å²) in [7, 11) is 1.48. The van der Waals surface area contributed by atoms with Crippen LogP contribution in [0.4, 0.5) is 13.2 Å². The minimum absolute atomic E-state index is 0.0262. The van der Waals surface area contributed by atoms with E-state index in [1.165, 1.54) is 19.2 Å². The molecule has 0 fully saturated rings. The molecule has 20 heavy (non-hydrogen) atoms. The van der Waals surface area contributed by atoms with Gasteiger partial charge in [-0.3, -0.25) is 0 Å². The first kappa shape index (κ1) is 16.8. The number of hydrogen-bond donors (Lipinski definition) is 1. The molecule has 114 valence electrons. The number of ether oxygens (including phenoxy) is 1. The van der Waals surface area contributed by atoms with Gasteiger partial charge in [0.1, 0.15) is 5.75 Å². The summed E-state index contributed by atoms with van der Waals surface area (Å²) in [6, 6.07) is 3.70. The number of halogens is 3. The molecule has 1 aromatic rings. The third-order valence-electron chi connectivity index (χ3n) is 3.46. The average molecular weight is 289 g/mol. The van der Waals surface area contributed by atoms with Crippen molar-refractivity contribution in [2.45, 2.75) is 51.2 Å². The van der Waals surface area contributed by atoms with Crippen LogP contribution in [0.3, 0.4) is 0 Å². The fourth-order valence-electron chi connectivity index (χ4n) is 2.27. The van der Waals surface area contributed by atoms with Gasteiger partial charge in [-0.05, 0) is 55.9 Å². The molecule has 2 unspecified atom stereocenters. The second kappa shape index (κ2) is 6.97. The number of alkyl halides is 3. The second-order valence-electron chi connectivity index (χ2n) is 5.11. The first-order valence-corrected chi connectivity index (χ1v) is 6.80. The monoisotopic (exact) mass is 289 g/mol. The molecule has 0 saturated heterocycles. The quantitative estimate of drug-likeness (QED) is 0.845. The van der Waals surface area contributed by atoms with Crippen molar-refractivity contribution >= 4 is 0 Å². The lowest BCUT2D eigenvalue weighted by molar-refractivity contribution is -0.137. The maximum Gasteiger partial charge on any atom is 0.416 e. The molecule has 0 amide bonds. The molecular formula is C15H22F3NO. The first-order valence-electron chi connectivity index (χ1n) is 6.80. The maximum atomic E-state index is 12.8. The third kappa shape index (κ3) is 4.40. The number of nitrogens with two attached hydrogens (primary N) is 1. The molecule has 0 aliphatic rings. The Morgan fingerprint density at radius 3 is 2.35 bits per heavy atom. The summed E-state index contributed by atoms with van der Waals surface area (Å²) < 4.78 is 43.7. The lowest BCUT2D eigenvalue weighted by Crippen LogP contribution is -2.16. The highest BCUT2D eigenvalue weighted by atomic mass is 19.4. The molecule has 1 aromatic carbocycles. The van der Waals surface area contributed by atoms with E-state index in [1.54, 1.807) is 0 Å². The molecule has 5 heteroatoms. The van der Waals surface area contributed by atoms with Crippen LogP contribution < -0.4 is 10.5 Å². The molecule has 0 saturated carbocycles. The van der Waals surface area contributed by atoms with E-state index in [4.69, 9.17) is 10.5 Å². The van der Waals surface area contributed by atoms with Gasteiger partial charge in [0, 0.05) is 6.04 Å². The summed E-state index contributed by atoms with van der Waals surface area (Å²) >= 11 is 0. The number of hydrogen-bond acceptors (Lipinski definition) is 2. The highest BCUT2D eigenvalue weighted by Gasteiger charge is 2.32. The Kier molecular flexibility index (Phi) is 5.87. The number of methoxy groups -OCH3 is 1. The van der Waals surface area contributed by atoms with Gasteiger partial charge in [0.25, 0.3) is 0 Å². The van der Waals surface area contributed by atoms with Gasteiger partial charge in [-0.2, -0.15) is 13.2 Å². The second-order valence-corrected chi connectivity index (χ2v) is 5.11. The average Bonchev–Trinajstić information content (AvgIpc) is 2.37. The molecule has 0 aliphatic heterocycles. The lowest BCUT2D eigenvalue weighted by atomic mass is 9.89. The fourth-order valence-corrected chi connectivity index (χ4v) is 2.27. The Hall–Kier alpha value is -1.23. The predicted molar refractivity (Wildman–Crippen MR) is 73.9 cm³/mol. The Morgan fingerprint density at radius 1 is 1.25 bits per heavy atom. The largest absolute Gasteiger partial charge is 0.496 e. The van der Waals surface area contributed by atoms with E-state index in [9.17, 15) is 13.2 Å². The van der Waals surface area contributed by atoms with Crippen LogP contribution in [0, 0.1) is 0 Å². The van der Waals surface area contributed by atoms with Crippen molar-refractivity contribution in [3.8, 4) is 5.75 Å². The van der Waals surface area contributed by atoms with Crippen LogP contribution in [0.25, 0.3) is 0 Å². The van der Waals surface area contributed by atoms with Crippen molar-refractivity contribution in [3.05, 3.63) is 29.3 Å². The zero-order valence-corrected chi connectivity index (χ0v) is 12.1. The zero-order valence-electron chi connectivity index (χ0n) is 12.1. The minimum Gasteiger partial charge on any atom is -0.496 e. The van der Waals surface area contributed by atoms with E-state index >= 15 is 0 Å². The van der Waals surface area contributed by atoms with E-state index in [1.807, 2.05) is 13.8 Å². The molecule has 0 aromatic heterocycles. The highest BCUT2D eigenvalue weighted by Crippen LogP contribution is 2.38. The Balaban J connectivity index is 3.10. The van der Waals surface area contributed by atoms with Crippen molar-refractivity contribution in [2.24, 2.45) is 5.73 Å². The van der Waals surface area contributed by atoms with Gasteiger partial charge >= 0.3 is 6.18 Å². The molecule has 0 radical (unpaired) electrons. The maximum absolute atomic E-state index is 12.8. The van der Waals surface area contributed by atoms with Crippen molar-refractivity contribution in [2.75, 3.05) is 7.11 Å². The molecule has 1 rings (SSSR count). The third-order valence-corrected chi connectivity index (χ3v) is 3.46. The van der Waals surface area contributed by atoms with E-state index < -0.39 is 11.7 Å². The summed E-state index contributed by atoms with van der Waals surface area (Å²) in [6.45, 7) is 3.86. The molecule has 0 spiro atoms. The SMILES string of the molecule is CCC(CCC(C)N)c1cc(C(F)(F)F)ccc1OC. The standard InChI is InChI=1S/C15H22F3NO/c1-4-11(6-5-10(2)19)13-9-12(15(16,17)18)7-8-14(13)20-3/h7-11H,4-6,19H2,1-3H3. The predicted octanol–water partition coefficient (Wildman–Crippen LogP) is 4.34. The van der Waals surface area contributed by atoms with Gasteiger partial charge in [-0.1, -0.05) is 6.92 Å². The van der Waals surface area contributed by atoms with Crippen LogP contribution >= 0.6 is 0 Å². The first-order chi connectivity index (χ1) is 9.29. The smallest absolute Gasteiger partial charge is 0.416 e. The van der Waals surface area contributed by atoms with Crippen molar-refractivity contribution in [1.29, 1.82) is 0 Å². The molecule has 0 heterocycles. The van der Waals surface area contributed by atoms with Gasteiger partial charge in [-0.15, -0.1) is 0 Å². The van der Waals surface area contributed by atoms with Crippen LogP contribution in [0.2, 0.25) is 0 Å². The van der Waals surface area contributed by atoms with Gasteiger partial charge in [0.2, 0.25) is 0 Å². The summed E-state index contributed by atoms with van der Waals surface area (Å²) in [6.07, 6.45) is -2.05. The van der Waals surface area contributed by atoms with Gasteiger partial charge in [0.15, 0.2) is 0 Å². The van der Waals surface area contributed by atoms with Crippen LogP contribution in [0.15, 0.2) is 18.2 Å². The molecule has 0 bridgehead atoms. The van der Waals surface area contributed by atoms with Crippen molar-refractivity contribution in [1.82, 2.24) is 0 Å². The Morgan fingerprint density at radius 2 is 1.90 bits per heavy atom. The topological polar surface area (TPSA) is 35.2 Å². The molecule has 2 N–H and O–H groups in total. The summed E-state index contributed by atoms with van der Waals surface area (Å²) in [4.78, 5) is 0. The number of rotatable bonds is 6. The molecular weight excluding hydrogens is 267 g/mol. The van der Waals surface area contributed by atoms with Gasteiger partial charge < -0.3 is 10.5 Å². The summed E-state index contributed by atoms with van der Waals surface area (Å²) in [5.74, 6) is 0.535. The van der Waals surface area contributed by atoms with E-state index in [0.29, 0.717) is 11.3 Å². The number of benzene rings is 1. The van der Waals surface area contributed by atoms with Crippen molar-refractivity contribution < 1.29 is 17.9 Å². The highest BCUT2D eigenvalue weighted by molar-refractivity contribution is 5.40. The van der Waals surface area contributed by atoms with E-state index in [0.717, 1.165) is 25.3 Å². The minimum atomic E-state index is -4.33. The van der Waals surface area contributed by atoms with E-state index in [-0.39, 0.29) is 12.0 Å². The normalized spacial score (nSPS) is 14.9.